The Labute approximate surface area is 135 Å². The predicted molar refractivity (Wildman–Crippen MR) is 90.1 cm³/mol. The van der Waals surface area contributed by atoms with Crippen LogP contribution in [0.5, 0.6) is 0 Å². The van der Waals surface area contributed by atoms with Crippen LogP contribution in [0, 0.1) is 5.82 Å². The maximum Gasteiger partial charge on any atom is 0.124 e. The van der Waals surface area contributed by atoms with E-state index in [2.05, 4.69) is 34.1 Å². The van der Waals surface area contributed by atoms with Gasteiger partial charge in [0.15, 0.2) is 0 Å². The average molecular weight is 315 g/mol. The van der Waals surface area contributed by atoms with Crippen molar-refractivity contribution < 1.29 is 4.39 Å². The number of anilines is 1. The maximum absolute atomic E-state index is 13.6. The molecular weight excluding hydrogens is 299 g/mol. The van der Waals surface area contributed by atoms with Gasteiger partial charge in [-0.25, -0.2) is 4.39 Å². The molecule has 2 heterocycles. The number of hydrogen-bond donors (Lipinski definition) is 0. The Morgan fingerprint density at radius 2 is 1.82 bits per heavy atom. The predicted octanol–water partition coefficient (Wildman–Crippen LogP) is 4.36. The molecule has 4 heteroatoms. The van der Waals surface area contributed by atoms with Gasteiger partial charge in [-0.2, -0.15) is 0 Å². The number of hydrogen-bond acceptors (Lipinski definition) is 2. The second kappa shape index (κ2) is 5.93. The van der Waals surface area contributed by atoms with Crippen molar-refractivity contribution in [1.29, 1.82) is 0 Å². The summed E-state index contributed by atoms with van der Waals surface area (Å²) in [5.74, 6) is -0.214. The van der Waals surface area contributed by atoms with Crippen LogP contribution in [0.2, 0.25) is 0 Å². The fourth-order valence-corrected chi connectivity index (χ4v) is 3.08. The highest BCUT2D eigenvalue weighted by Gasteiger charge is 2.18. The number of fused-ring (bicyclic) bond motifs is 2. The van der Waals surface area contributed by atoms with Crippen LogP contribution in [-0.4, -0.2) is 11.5 Å². The van der Waals surface area contributed by atoms with Crippen LogP contribution in [0.15, 0.2) is 54.7 Å². The summed E-state index contributed by atoms with van der Waals surface area (Å²) in [6, 6.07) is 15.3. The Balaban J connectivity index is 0.00000144. The normalized spacial score (nSPS) is 13.6. The molecule has 0 saturated heterocycles. The van der Waals surface area contributed by atoms with E-state index in [-0.39, 0.29) is 18.2 Å². The van der Waals surface area contributed by atoms with Crippen LogP contribution >= 0.6 is 12.4 Å². The molecule has 3 aromatic rings. The zero-order valence-electron chi connectivity index (χ0n) is 12.0. The largest absolute Gasteiger partial charge is 0.366 e. The highest BCUT2D eigenvalue weighted by atomic mass is 35.5. The monoisotopic (exact) mass is 314 g/mol. The van der Waals surface area contributed by atoms with Crippen molar-refractivity contribution in [2.24, 2.45) is 0 Å². The van der Waals surface area contributed by atoms with Gasteiger partial charge in [-0.15, -0.1) is 12.4 Å². The molecule has 0 N–H and O–H groups in total. The molecule has 0 amide bonds. The molecule has 0 bridgehead atoms. The molecule has 112 valence electrons. The van der Waals surface area contributed by atoms with Gasteiger partial charge in [-0.3, -0.25) is 4.98 Å². The van der Waals surface area contributed by atoms with Gasteiger partial charge >= 0.3 is 0 Å². The van der Waals surface area contributed by atoms with Gasteiger partial charge in [0.05, 0.1) is 5.52 Å². The van der Waals surface area contributed by atoms with Gasteiger partial charge in [-0.1, -0.05) is 24.3 Å². The molecule has 1 aliphatic heterocycles. The lowest BCUT2D eigenvalue weighted by Gasteiger charge is -2.31. The summed E-state index contributed by atoms with van der Waals surface area (Å²) in [5, 5.41) is 0.886. The molecule has 0 spiro atoms. The molecule has 1 aliphatic rings. The third-order valence-electron chi connectivity index (χ3n) is 4.15. The van der Waals surface area contributed by atoms with Gasteiger partial charge in [0.25, 0.3) is 0 Å². The topological polar surface area (TPSA) is 16.1 Å². The summed E-state index contributed by atoms with van der Waals surface area (Å²) in [7, 11) is 0. The van der Waals surface area contributed by atoms with E-state index < -0.39 is 0 Å². The van der Waals surface area contributed by atoms with Gasteiger partial charge in [0, 0.05) is 30.4 Å². The van der Waals surface area contributed by atoms with Crippen LogP contribution in [0.4, 0.5) is 10.1 Å². The molecule has 0 aliphatic carbocycles. The number of aromatic nitrogens is 1. The summed E-state index contributed by atoms with van der Waals surface area (Å²) in [6.45, 7) is 1.82. The zero-order chi connectivity index (χ0) is 14.2. The molecule has 4 rings (SSSR count). The van der Waals surface area contributed by atoms with Gasteiger partial charge < -0.3 is 4.90 Å². The summed E-state index contributed by atoms with van der Waals surface area (Å²) in [4.78, 5) is 6.64. The Morgan fingerprint density at radius 3 is 2.68 bits per heavy atom. The summed E-state index contributed by atoms with van der Waals surface area (Å²) < 4.78 is 13.6. The SMILES string of the molecule is Cl.Fc1ccc2nccc(N3CCc4ccccc4C3)c2c1. The van der Waals surface area contributed by atoms with E-state index in [4.69, 9.17) is 0 Å². The maximum atomic E-state index is 13.6. The van der Waals surface area contributed by atoms with Crippen LogP contribution in [0.3, 0.4) is 0 Å². The fraction of sp³-hybridized carbons (Fsp3) is 0.167. The Kier molecular flexibility index (Phi) is 3.99. The van der Waals surface area contributed by atoms with Crippen molar-refractivity contribution in [3.8, 4) is 0 Å². The minimum Gasteiger partial charge on any atom is -0.366 e. The average Bonchev–Trinajstić information content (AvgIpc) is 2.54. The van der Waals surface area contributed by atoms with Crippen molar-refractivity contribution >= 4 is 29.0 Å². The van der Waals surface area contributed by atoms with Crippen molar-refractivity contribution in [2.75, 3.05) is 11.4 Å². The third-order valence-corrected chi connectivity index (χ3v) is 4.15. The fourth-order valence-electron chi connectivity index (χ4n) is 3.08. The second-order valence-corrected chi connectivity index (χ2v) is 5.43. The van der Waals surface area contributed by atoms with Crippen LogP contribution in [0.1, 0.15) is 11.1 Å². The molecular formula is C18H16ClFN2. The molecule has 1 aromatic heterocycles. The molecule has 0 fully saturated rings. The second-order valence-electron chi connectivity index (χ2n) is 5.43. The van der Waals surface area contributed by atoms with Gasteiger partial charge in [0.1, 0.15) is 5.82 Å². The summed E-state index contributed by atoms with van der Waals surface area (Å²) in [6.07, 6.45) is 2.82. The van der Waals surface area contributed by atoms with E-state index in [1.54, 1.807) is 18.3 Å². The van der Waals surface area contributed by atoms with Crippen molar-refractivity contribution in [1.82, 2.24) is 4.98 Å². The molecule has 0 atom stereocenters. The highest BCUT2D eigenvalue weighted by Crippen LogP contribution is 2.30. The van der Waals surface area contributed by atoms with E-state index >= 15 is 0 Å². The van der Waals surface area contributed by atoms with E-state index in [0.717, 1.165) is 36.1 Å². The van der Waals surface area contributed by atoms with Crippen LogP contribution in [-0.2, 0) is 13.0 Å². The lowest BCUT2D eigenvalue weighted by Crippen LogP contribution is -2.30. The molecule has 0 saturated carbocycles. The lowest BCUT2D eigenvalue weighted by atomic mass is 9.99. The van der Waals surface area contributed by atoms with Crippen LogP contribution < -0.4 is 4.90 Å². The smallest absolute Gasteiger partial charge is 0.124 e. The first-order valence-electron chi connectivity index (χ1n) is 7.17. The molecule has 0 unspecified atom stereocenters. The molecule has 2 nitrogen and oxygen atoms in total. The standard InChI is InChI=1S/C18H15FN2.ClH/c19-15-5-6-17-16(11-15)18(7-9-20-17)21-10-8-13-3-1-2-4-14(13)12-21;/h1-7,9,11H,8,10,12H2;1H. The number of nitrogens with zero attached hydrogens (tertiary/aromatic N) is 2. The Hall–Kier alpha value is -2.13. The third kappa shape index (κ3) is 2.53. The molecule has 22 heavy (non-hydrogen) atoms. The van der Waals surface area contributed by atoms with Crippen molar-refractivity contribution in [3.05, 3.63) is 71.7 Å². The number of benzene rings is 2. The minimum absolute atomic E-state index is 0. The van der Waals surface area contributed by atoms with E-state index in [1.165, 1.54) is 17.2 Å². The minimum atomic E-state index is -0.214. The highest BCUT2D eigenvalue weighted by molar-refractivity contribution is 5.91. The van der Waals surface area contributed by atoms with Gasteiger partial charge in [0.2, 0.25) is 0 Å². The molecule has 2 aromatic carbocycles. The van der Waals surface area contributed by atoms with E-state index in [9.17, 15) is 4.39 Å². The first-order valence-corrected chi connectivity index (χ1v) is 7.17. The number of pyridine rings is 1. The van der Waals surface area contributed by atoms with E-state index in [0.29, 0.717) is 0 Å². The quantitative estimate of drug-likeness (QED) is 0.663. The summed E-state index contributed by atoms with van der Waals surface area (Å²) >= 11 is 0. The van der Waals surface area contributed by atoms with Crippen molar-refractivity contribution in [2.45, 2.75) is 13.0 Å². The van der Waals surface area contributed by atoms with Crippen molar-refractivity contribution in [3.63, 3.8) is 0 Å². The first-order chi connectivity index (χ1) is 10.3. The zero-order valence-corrected chi connectivity index (χ0v) is 12.8. The Bertz CT molecular complexity index is 819. The number of halogens is 2. The molecule has 0 radical (unpaired) electrons. The number of rotatable bonds is 1. The van der Waals surface area contributed by atoms with E-state index in [1.807, 2.05) is 6.07 Å². The summed E-state index contributed by atoms with van der Waals surface area (Å²) in [5.41, 5.74) is 4.67. The lowest BCUT2D eigenvalue weighted by molar-refractivity contribution is 0.629. The first kappa shape index (κ1) is 14.8. The van der Waals surface area contributed by atoms with Gasteiger partial charge in [-0.05, 0) is 41.8 Å². The van der Waals surface area contributed by atoms with Crippen LogP contribution in [0.25, 0.3) is 10.9 Å². The Morgan fingerprint density at radius 1 is 1.00 bits per heavy atom.